The predicted octanol–water partition coefficient (Wildman–Crippen LogP) is 3.42. The minimum absolute atomic E-state index is 0.160. The van der Waals surface area contributed by atoms with Crippen molar-refractivity contribution in [3.8, 4) is 0 Å². The summed E-state index contributed by atoms with van der Waals surface area (Å²) in [6, 6.07) is 10.4. The molecule has 1 atom stereocenters. The number of aryl methyl sites for hydroxylation is 2. The standard InChI is InChI=1S/C16H16N2O3S2/c1-11-10-14(12(2)21-11)23(19,20)18-15(16-17-8-9-22-16)13-6-4-3-5-7-13/h3-10,15,18H,1-2H3. The van der Waals surface area contributed by atoms with E-state index in [1.54, 1.807) is 20.0 Å². The van der Waals surface area contributed by atoms with Gasteiger partial charge in [-0.2, -0.15) is 4.72 Å². The second-order valence-electron chi connectivity index (χ2n) is 5.11. The Morgan fingerprint density at radius 3 is 2.52 bits per heavy atom. The topological polar surface area (TPSA) is 72.2 Å². The first kappa shape index (κ1) is 15.9. The normalized spacial score (nSPS) is 13.1. The molecule has 2 aromatic heterocycles. The van der Waals surface area contributed by atoms with Crippen molar-refractivity contribution in [2.24, 2.45) is 0 Å². The molecule has 1 aromatic carbocycles. The number of sulfonamides is 1. The number of hydrogen-bond donors (Lipinski definition) is 1. The Morgan fingerprint density at radius 1 is 1.22 bits per heavy atom. The fraction of sp³-hybridized carbons (Fsp3) is 0.188. The van der Waals surface area contributed by atoms with Crippen molar-refractivity contribution in [2.45, 2.75) is 24.8 Å². The van der Waals surface area contributed by atoms with Crippen LogP contribution in [0.4, 0.5) is 0 Å². The van der Waals surface area contributed by atoms with E-state index in [9.17, 15) is 8.42 Å². The van der Waals surface area contributed by atoms with Crippen molar-refractivity contribution in [2.75, 3.05) is 0 Å². The van der Waals surface area contributed by atoms with Gasteiger partial charge >= 0.3 is 0 Å². The van der Waals surface area contributed by atoms with Gasteiger partial charge in [-0.25, -0.2) is 13.4 Å². The highest BCUT2D eigenvalue weighted by Crippen LogP contribution is 2.27. The highest BCUT2D eigenvalue weighted by atomic mass is 32.2. The molecule has 5 nitrogen and oxygen atoms in total. The number of nitrogens with zero attached hydrogens (tertiary/aromatic N) is 1. The predicted molar refractivity (Wildman–Crippen MR) is 88.9 cm³/mol. The number of benzene rings is 1. The second kappa shape index (κ2) is 6.27. The quantitative estimate of drug-likeness (QED) is 0.767. The van der Waals surface area contributed by atoms with Gasteiger partial charge in [-0.3, -0.25) is 0 Å². The zero-order valence-electron chi connectivity index (χ0n) is 12.7. The maximum absolute atomic E-state index is 12.8. The molecular weight excluding hydrogens is 332 g/mol. The van der Waals surface area contributed by atoms with Crippen molar-refractivity contribution in [3.05, 3.63) is 70.1 Å². The minimum atomic E-state index is -3.72. The molecule has 7 heteroatoms. The molecule has 0 aliphatic heterocycles. The fourth-order valence-electron chi connectivity index (χ4n) is 2.38. The largest absolute Gasteiger partial charge is 0.465 e. The van der Waals surface area contributed by atoms with Crippen LogP contribution in [-0.2, 0) is 10.0 Å². The van der Waals surface area contributed by atoms with Crippen molar-refractivity contribution < 1.29 is 12.8 Å². The smallest absolute Gasteiger partial charge is 0.244 e. The van der Waals surface area contributed by atoms with Crippen LogP contribution in [0.5, 0.6) is 0 Å². The summed E-state index contributed by atoms with van der Waals surface area (Å²) in [4.78, 5) is 4.43. The first-order valence-electron chi connectivity index (χ1n) is 7.01. The van der Waals surface area contributed by atoms with Gasteiger partial charge in [0.25, 0.3) is 0 Å². The number of rotatable bonds is 5. The number of thiazole rings is 1. The number of aromatic nitrogens is 1. The molecule has 0 amide bonds. The van der Waals surface area contributed by atoms with Gasteiger partial charge in [0.05, 0.1) is 6.04 Å². The van der Waals surface area contributed by atoms with E-state index in [1.807, 2.05) is 35.7 Å². The summed E-state index contributed by atoms with van der Waals surface area (Å²) in [5, 5.41) is 2.52. The Labute approximate surface area is 139 Å². The van der Waals surface area contributed by atoms with Crippen LogP contribution in [0, 0.1) is 13.8 Å². The van der Waals surface area contributed by atoms with E-state index in [0.717, 1.165) is 5.56 Å². The van der Waals surface area contributed by atoms with Crippen LogP contribution in [0.25, 0.3) is 0 Å². The maximum Gasteiger partial charge on any atom is 0.244 e. The second-order valence-corrected chi connectivity index (χ2v) is 7.72. The molecule has 0 aliphatic carbocycles. The van der Waals surface area contributed by atoms with Gasteiger partial charge in [0, 0.05) is 11.6 Å². The Hall–Kier alpha value is -1.96. The van der Waals surface area contributed by atoms with Crippen LogP contribution in [-0.4, -0.2) is 13.4 Å². The molecule has 0 radical (unpaired) electrons. The van der Waals surface area contributed by atoms with Crippen LogP contribution in [0.1, 0.15) is 28.1 Å². The van der Waals surface area contributed by atoms with Crippen molar-refractivity contribution in [3.63, 3.8) is 0 Å². The Morgan fingerprint density at radius 2 is 1.96 bits per heavy atom. The number of hydrogen-bond acceptors (Lipinski definition) is 5. The SMILES string of the molecule is Cc1cc(S(=O)(=O)NC(c2ccccc2)c2nccs2)c(C)o1. The lowest BCUT2D eigenvalue weighted by molar-refractivity contribution is 0.495. The van der Waals surface area contributed by atoms with Crippen LogP contribution >= 0.6 is 11.3 Å². The molecule has 0 spiro atoms. The van der Waals surface area contributed by atoms with Crippen LogP contribution in [0.3, 0.4) is 0 Å². The molecule has 1 N–H and O–H groups in total. The molecule has 3 aromatic rings. The van der Waals surface area contributed by atoms with E-state index >= 15 is 0 Å². The van der Waals surface area contributed by atoms with E-state index in [2.05, 4.69) is 9.71 Å². The van der Waals surface area contributed by atoms with E-state index < -0.39 is 16.1 Å². The van der Waals surface area contributed by atoms with Gasteiger partial charge in [0.1, 0.15) is 21.4 Å². The molecule has 0 aliphatic rings. The van der Waals surface area contributed by atoms with E-state index in [1.165, 1.54) is 17.4 Å². The summed E-state index contributed by atoms with van der Waals surface area (Å²) in [6.07, 6.45) is 1.66. The molecule has 0 saturated heterocycles. The van der Waals surface area contributed by atoms with Crippen LogP contribution in [0.2, 0.25) is 0 Å². The van der Waals surface area contributed by atoms with Crippen molar-refractivity contribution in [1.29, 1.82) is 0 Å². The maximum atomic E-state index is 12.8. The van der Waals surface area contributed by atoms with Gasteiger partial charge < -0.3 is 4.42 Å². The summed E-state index contributed by atoms with van der Waals surface area (Å²) in [5.74, 6) is 0.939. The summed E-state index contributed by atoms with van der Waals surface area (Å²) >= 11 is 1.41. The van der Waals surface area contributed by atoms with Gasteiger partial charge in [-0.15, -0.1) is 11.3 Å². The van der Waals surface area contributed by atoms with Crippen molar-refractivity contribution in [1.82, 2.24) is 9.71 Å². The lowest BCUT2D eigenvalue weighted by Gasteiger charge is -2.16. The summed E-state index contributed by atoms with van der Waals surface area (Å²) < 4.78 is 33.6. The third kappa shape index (κ3) is 3.36. The molecule has 0 saturated carbocycles. The third-order valence-electron chi connectivity index (χ3n) is 3.39. The number of furan rings is 1. The van der Waals surface area contributed by atoms with Gasteiger partial charge in [-0.1, -0.05) is 30.3 Å². The third-order valence-corrected chi connectivity index (χ3v) is 5.76. The molecule has 120 valence electrons. The average Bonchev–Trinajstić information content (AvgIpc) is 3.15. The molecule has 0 bridgehead atoms. The summed E-state index contributed by atoms with van der Waals surface area (Å²) in [5.41, 5.74) is 0.837. The molecule has 23 heavy (non-hydrogen) atoms. The fourth-order valence-corrected chi connectivity index (χ4v) is 4.59. The Kier molecular flexibility index (Phi) is 4.34. The van der Waals surface area contributed by atoms with Gasteiger partial charge in [0.2, 0.25) is 10.0 Å². The molecular formula is C16H16N2O3S2. The van der Waals surface area contributed by atoms with Crippen LogP contribution < -0.4 is 4.72 Å². The zero-order chi connectivity index (χ0) is 16.4. The van der Waals surface area contributed by atoms with Crippen LogP contribution in [0.15, 0.2) is 57.3 Å². The highest BCUT2D eigenvalue weighted by molar-refractivity contribution is 7.89. The van der Waals surface area contributed by atoms with E-state index in [0.29, 0.717) is 16.5 Å². The van der Waals surface area contributed by atoms with E-state index in [-0.39, 0.29) is 4.90 Å². The number of nitrogens with one attached hydrogen (secondary N) is 1. The zero-order valence-corrected chi connectivity index (χ0v) is 14.3. The lowest BCUT2D eigenvalue weighted by atomic mass is 10.1. The monoisotopic (exact) mass is 348 g/mol. The first-order valence-corrected chi connectivity index (χ1v) is 9.37. The molecule has 3 rings (SSSR count). The first-order chi connectivity index (χ1) is 11.0. The summed E-state index contributed by atoms with van der Waals surface area (Å²) in [6.45, 7) is 3.37. The molecule has 2 heterocycles. The minimum Gasteiger partial charge on any atom is -0.465 e. The summed E-state index contributed by atoms with van der Waals surface area (Å²) in [7, 11) is -3.72. The molecule has 1 unspecified atom stereocenters. The van der Waals surface area contributed by atoms with Gasteiger partial charge in [-0.05, 0) is 25.5 Å². The van der Waals surface area contributed by atoms with Crippen molar-refractivity contribution >= 4 is 21.4 Å². The van der Waals surface area contributed by atoms with Gasteiger partial charge in [0.15, 0.2) is 0 Å². The molecule has 0 fully saturated rings. The average molecular weight is 348 g/mol. The highest BCUT2D eigenvalue weighted by Gasteiger charge is 2.27. The Bertz CT molecular complexity index is 885. The van der Waals surface area contributed by atoms with E-state index in [4.69, 9.17) is 4.42 Å². The lowest BCUT2D eigenvalue weighted by Crippen LogP contribution is -2.29. The Balaban J connectivity index is 2.01.